The molecular weight excluding hydrogens is 330 g/mol. The predicted octanol–water partition coefficient (Wildman–Crippen LogP) is 2.95. The van der Waals surface area contributed by atoms with Gasteiger partial charge in [0.25, 0.3) is 5.91 Å². The highest BCUT2D eigenvalue weighted by molar-refractivity contribution is 7.12. The zero-order chi connectivity index (χ0) is 17.7. The third-order valence-electron chi connectivity index (χ3n) is 3.19. The largest absolute Gasteiger partial charge is 0.465 e. The fourth-order valence-electron chi connectivity index (χ4n) is 2.05. The van der Waals surface area contributed by atoms with Gasteiger partial charge in [-0.1, -0.05) is 0 Å². The van der Waals surface area contributed by atoms with Crippen LogP contribution in [0.4, 0.5) is 5.69 Å². The van der Waals surface area contributed by atoms with Gasteiger partial charge in [-0.15, -0.1) is 11.3 Å². The van der Waals surface area contributed by atoms with Crippen LogP contribution in [0.5, 0.6) is 0 Å². The van der Waals surface area contributed by atoms with Gasteiger partial charge in [0.15, 0.2) is 6.61 Å². The number of hydrogen-bond donors (Lipinski definition) is 1. The molecule has 0 aliphatic carbocycles. The number of esters is 2. The molecule has 0 unspecified atom stereocenters. The number of methoxy groups -OCH3 is 1. The number of amides is 1. The Morgan fingerprint density at radius 2 is 1.75 bits per heavy atom. The van der Waals surface area contributed by atoms with Crippen molar-refractivity contribution in [2.24, 2.45) is 0 Å². The Labute approximate surface area is 143 Å². The van der Waals surface area contributed by atoms with Gasteiger partial charge in [0.05, 0.1) is 18.2 Å². The van der Waals surface area contributed by atoms with Crippen molar-refractivity contribution in [1.82, 2.24) is 0 Å². The second kappa shape index (κ2) is 7.74. The number of ether oxygens (including phenoxy) is 2. The van der Waals surface area contributed by atoms with Crippen LogP contribution in [0.2, 0.25) is 0 Å². The van der Waals surface area contributed by atoms with Crippen molar-refractivity contribution < 1.29 is 23.9 Å². The van der Waals surface area contributed by atoms with E-state index < -0.39 is 17.8 Å². The molecule has 7 heteroatoms. The summed E-state index contributed by atoms with van der Waals surface area (Å²) in [5.74, 6) is -1.44. The normalized spacial score (nSPS) is 10.1. The van der Waals surface area contributed by atoms with Crippen LogP contribution in [0.25, 0.3) is 0 Å². The Hall–Kier alpha value is -2.67. The van der Waals surface area contributed by atoms with Gasteiger partial charge in [0, 0.05) is 15.4 Å². The maximum absolute atomic E-state index is 11.9. The molecule has 24 heavy (non-hydrogen) atoms. The lowest BCUT2D eigenvalue weighted by Crippen LogP contribution is -2.21. The molecular formula is C17H17NO5S. The van der Waals surface area contributed by atoms with Crippen LogP contribution in [-0.4, -0.2) is 31.6 Å². The number of thiophene rings is 1. The summed E-state index contributed by atoms with van der Waals surface area (Å²) in [4.78, 5) is 37.0. The van der Waals surface area contributed by atoms with Gasteiger partial charge < -0.3 is 14.8 Å². The summed E-state index contributed by atoms with van der Waals surface area (Å²) >= 11 is 1.50. The van der Waals surface area contributed by atoms with E-state index in [4.69, 9.17) is 4.74 Å². The third-order valence-corrected chi connectivity index (χ3v) is 4.15. The molecule has 2 aromatic rings. The van der Waals surface area contributed by atoms with Gasteiger partial charge in [-0.25, -0.2) is 9.59 Å². The Bertz CT molecular complexity index is 764. The predicted molar refractivity (Wildman–Crippen MR) is 90.5 cm³/mol. The molecule has 0 fully saturated rings. The van der Waals surface area contributed by atoms with E-state index in [2.05, 4.69) is 10.1 Å². The van der Waals surface area contributed by atoms with E-state index in [1.165, 1.54) is 30.6 Å². The first-order valence-electron chi connectivity index (χ1n) is 7.13. The fraction of sp³-hybridized carbons (Fsp3) is 0.235. The average Bonchev–Trinajstić information content (AvgIpc) is 2.91. The first-order valence-corrected chi connectivity index (χ1v) is 7.94. The van der Waals surface area contributed by atoms with Crippen LogP contribution >= 0.6 is 11.3 Å². The minimum absolute atomic E-state index is 0.380. The number of rotatable bonds is 5. The summed E-state index contributed by atoms with van der Waals surface area (Å²) in [5, 5.41) is 2.59. The van der Waals surface area contributed by atoms with Crippen LogP contribution in [0.15, 0.2) is 30.3 Å². The second-order valence-electron chi connectivity index (χ2n) is 5.02. The monoisotopic (exact) mass is 347 g/mol. The molecule has 0 saturated heterocycles. The highest BCUT2D eigenvalue weighted by Gasteiger charge is 2.15. The standard InChI is InChI=1S/C17H17NO5S/c1-10-8-14(11(2)24-10)17(21)23-9-15(19)18-13-6-4-12(5-7-13)16(20)22-3/h4-8H,9H2,1-3H3,(H,18,19). The number of hydrogen-bond acceptors (Lipinski definition) is 6. The molecule has 0 spiro atoms. The minimum atomic E-state index is -0.520. The molecule has 1 heterocycles. The van der Waals surface area contributed by atoms with Crippen molar-refractivity contribution >= 4 is 34.9 Å². The number of benzene rings is 1. The number of carbonyl (C=O) groups is 3. The van der Waals surface area contributed by atoms with Crippen LogP contribution < -0.4 is 5.32 Å². The fourth-order valence-corrected chi connectivity index (χ4v) is 2.96. The zero-order valence-electron chi connectivity index (χ0n) is 13.5. The third kappa shape index (κ3) is 4.42. The molecule has 0 radical (unpaired) electrons. The summed E-state index contributed by atoms with van der Waals surface area (Å²) < 4.78 is 9.61. The van der Waals surface area contributed by atoms with Crippen LogP contribution in [0.1, 0.15) is 30.5 Å². The quantitative estimate of drug-likeness (QED) is 0.841. The molecule has 126 valence electrons. The van der Waals surface area contributed by atoms with Crippen molar-refractivity contribution in [3.63, 3.8) is 0 Å². The molecule has 0 aliphatic rings. The van der Waals surface area contributed by atoms with E-state index in [0.29, 0.717) is 16.8 Å². The Morgan fingerprint density at radius 3 is 2.29 bits per heavy atom. The van der Waals surface area contributed by atoms with Crippen molar-refractivity contribution in [3.8, 4) is 0 Å². The first-order chi connectivity index (χ1) is 11.4. The molecule has 0 aliphatic heterocycles. The first kappa shape index (κ1) is 17.7. The minimum Gasteiger partial charge on any atom is -0.465 e. The number of carbonyl (C=O) groups excluding carboxylic acids is 3. The van der Waals surface area contributed by atoms with Gasteiger partial charge in [-0.05, 0) is 44.2 Å². The van der Waals surface area contributed by atoms with Crippen LogP contribution in [0.3, 0.4) is 0 Å². The molecule has 0 atom stereocenters. The molecule has 1 N–H and O–H groups in total. The van der Waals surface area contributed by atoms with Gasteiger partial charge in [-0.3, -0.25) is 4.79 Å². The maximum Gasteiger partial charge on any atom is 0.339 e. The van der Waals surface area contributed by atoms with E-state index in [0.717, 1.165) is 9.75 Å². The van der Waals surface area contributed by atoms with Gasteiger partial charge in [-0.2, -0.15) is 0 Å². The van der Waals surface area contributed by atoms with E-state index in [-0.39, 0.29) is 6.61 Å². The summed E-state index contributed by atoms with van der Waals surface area (Å²) in [6.45, 7) is 3.35. The number of nitrogens with one attached hydrogen (secondary N) is 1. The molecule has 1 aromatic heterocycles. The Morgan fingerprint density at radius 1 is 1.08 bits per heavy atom. The zero-order valence-corrected chi connectivity index (χ0v) is 14.4. The van der Waals surface area contributed by atoms with E-state index in [1.807, 2.05) is 13.8 Å². The summed E-state index contributed by atoms with van der Waals surface area (Å²) in [6.07, 6.45) is 0. The smallest absolute Gasteiger partial charge is 0.339 e. The lowest BCUT2D eigenvalue weighted by molar-refractivity contribution is -0.119. The highest BCUT2D eigenvalue weighted by atomic mass is 32.1. The Balaban J connectivity index is 1.88. The SMILES string of the molecule is COC(=O)c1ccc(NC(=O)COC(=O)c2cc(C)sc2C)cc1. The van der Waals surface area contributed by atoms with Crippen molar-refractivity contribution in [2.45, 2.75) is 13.8 Å². The number of anilines is 1. The summed E-state index contributed by atoms with van der Waals surface area (Å²) in [6, 6.07) is 7.94. The van der Waals surface area contributed by atoms with Crippen molar-refractivity contribution in [1.29, 1.82) is 0 Å². The van der Waals surface area contributed by atoms with E-state index >= 15 is 0 Å². The lowest BCUT2D eigenvalue weighted by atomic mass is 10.2. The Kier molecular flexibility index (Phi) is 5.70. The second-order valence-corrected chi connectivity index (χ2v) is 6.48. The van der Waals surface area contributed by atoms with Crippen molar-refractivity contribution in [2.75, 3.05) is 19.0 Å². The van der Waals surface area contributed by atoms with E-state index in [1.54, 1.807) is 18.2 Å². The highest BCUT2D eigenvalue weighted by Crippen LogP contribution is 2.21. The summed E-state index contributed by atoms with van der Waals surface area (Å²) in [7, 11) is 1.29. The summed E-state index contributed by atoms with van der Waals surface area (Å²) in [5.41, 5.74) is 1.35. The van der Waals surface area contributed by atoms with E-state index in [9.17, 15) is 14.4 Å². The molecule has 0 bridgehead atoms. The lowest BCUT2D eigenvalue weighted by Gasteiger charge is -2.07. The molecule has 1 amide bonds. The molecule has 0 saturated carbocycles. The van der Waals surface area contributed by atoms with Crippen LogP contribution in [-0.2, 0) is 14.3 Å². The van der Waals surface area contributed by atoms with Crippen molar-refractivity contribution in [3.05, 3.63) is 51.2 Å². The molecule has 2 rings (SSSR count). The van der Waals surface area contributed by atoms with Crippen LogP contribution in [0, 0.1) is 13.8 Å². The topological polar surface area (TPSA) is 81.7 Å². The average molecular weight is 347 g/mol. The van der Waals surface area contributed by atoms with Gasteiger partial charge in [0.1, 0.15) is 0 Å². The van der Waals surface area contributed by atoms with Gasteiger partial charge in [0.2, 0.25) is 0 Å². The maximum atomic E-state index is 11.9. The molecule has 6 nitrogen and oxygen atoms in total. The number of aryl methyl sites for hydroxylation is 2. The van der Waals surface area contributed by atoms with Gasteiger partial charge >= 0.3 is 11.9 Å². The molecule has 1 aromatic carbocycles.